The van der Waals surface area contributed by atoms with E-state index in [0.717, 1.165) is 30.4 Å². The number of nitrogens with two attached hydrogens (primary N) is 1. The van der Waals surface area contributed by atoms with Gasteiger partial charge in [-0.25, -0.2) is 0 Å². The van der Waals surface area contributed by atoms with E-state index in [9.17, 15) is 0 Å². The highest BCUT2D eigenvalue weighted by atomic mass is 35.5. The van der Waals surface area contributed by atoms with Crippen LogP contribution in [0.25, 0.3) is 0 Å². The lowest BCUT2D eigenvalue weighted by atomic mass is 9.93. The van der Waals surface area contributed by atoms with Crippen LogP contribution < -0.4 is 5.73 Å². The van der Waals surface area contributed by atoms with E-state index in [1.165, 1.54) is 4.88 Å². The van der Waals surface area contributed by atoms with Crippen LogP contribution in [0.5, 0.6) is 0 Å². The third-order valence-corrected chi connectivity index (χ3v) is 3.91. The molecule has 0 aromatic carbocycles. The van der Waals surface area contributed by atoms with Crippen molar-refractivity contribution in [1.29, 1.82) is 0 Å². The molecular formula is C12H21ClN2S. The minimum absolute atomic E-state index is 0.196. The molecule has 1 aromatic heterocycles. The number of likely N-dealkylation sites (N-methyl/N-ethyl adjacent to an activating group) is 1. The van der Waals surface area contributed by atoms with E-state index in [1.54, 1.807) is 11.3 Å². The van der Waals surface area contributed by atoms with Crippen LogP contribution in [0, 0.1) is 5.41 Å². The summed E-state index contributed by atoms with van der Waals surface area (Å²) in [7, 11) is 2.15. The maximum Gasteiger partial charge on any atom is 0.0931 e. The second-order valence-corrected chi connectivity index (χ2v) is 6.86. The van der Waals surface area contributed by atoms with Gasteiger partial charge in [0.15, 0.2) is 0 Å². The highest BCUT2D eigenvalue weighted by molar-refractivity contribution is 7.16. The van der Waals surface area contributed by atoms with Gasteiger partial charge in [-0.05, 0) is 37.6 Å². The van der Waals surface area contributed by atoms with E-state index in [4.69, 9.17) is 17.3 Å². The second kappa shape index (κ2) is 6.01. The van der Waals surface area contributed by atoms with Crippen LogP contribution in [0.2, 0.25) is 4.34 Å². The van der Waals surface area contributed by atoms with Crippen LogP contribution in [-0.4, -0.2) is 31.6 Å². The van der Waals surface area contributed by atoms with Crippen molar-refractivity contribution in [2.24, 2.45) is 11.1 Å². The molecule has 0 aliphatic heterocycles. The molecule has 0 spiro atoms. The van der Waals surface area contributed by atoms with Crippen molar-refractivity contribution >= 4 is 22.9 Å². The summed E-state index contributed by atoms with van der Waals surface area (Å²) in [6.45, 7) is 7.21. The molecule has 1 rings (SSSR count). The van der Waals surface area contributed by atoms with Crippen LogP contribution in [0.1, 0.15) is 18.7 Å². The fraction of sp³-hybridized carbons (Fsp3) is 0.667. The van der Waals surface area contributed by atoms with Gasteiger partial charge in [0.2, 0.25) is 0 Å². The molecule has 2 nitrogen and oxygen atoms in total. The molecule has 2 N–H and O–H groups in total. The summed E-state index contributed by atoms with van der Waals surface area (Å²) < 4.78 is 0.875. The van der Waals surface area contributed by atoms with Crippen molar-refractivity contribution in [3.05, 3.63) is 21.3 Å². The molecular weight excluding hydrogens is 240 g/mol. The summed E-state index contributed by atoms with van der Waals surface area (Å²) in [5, 5.41) is 0. The van der Waals surface area contributed by atoms with E-state index < -0.39 is 0 Å². The summed E-state index contributed by atoms with van der Waals surface area (Å²) in [5.74, 6) is 0. The van der Waals surface area contributed by atoms with Crippen molar-refractivity contribution in [2.75, 3.05) is 26.7 Å². The predicted octanol–water partition coefficient (Wildman–Crippen LogP) is 2.86. The van der Waals surface area contributed by atoms with Gasteiger partial charge in [0.25, 0.3) is 0 Å². The van der Waals surface area contributed by atoms with Crippen molar-refractivity contribution in [2.45, 2.75) is 20.3 Å². The largest absolute Gasteiger partial charge is 0.330 e. The zero-order valence-corrected chi connectivity index (χ0v) is 11.9. The van der Waals surface area contributed by atoms with E-state index in [-0.39, 0.29) is 5.41 Å². The maximum atomic E-state index is 5.89. The van der Waals surface area contributed by atoms with Gasteiger partial charge in [0.1, 0.15) is 0 Å². The molecule has 0 atom stereocenters. The van der Waals surface area contributed by atoms with E-state index in [1.807, 2.05) is 6.07 Å². The standard InChI is InChI=1S/C12H21ClN2S/c1-12(2,8-14)9-15(3)7-6-10-4-5-11(13)16-10/h4-5H,6-9,14H2,1-3H3. The number of hydrogen-bond donors (Lipinski definition) is 1. The molecule has 92 valence electrons. The summed E-state index contributed by atoms with van der Waals surface area (Å²) in [6.07, 6.45) is 1.06. The highest BCUT2D eigenvalue weighted by Gasteiger charge is 2.17. The Morgan fingerprint density at radius 3 is 2.62 bits per heavy atom. The molecule has 0 saturated carbocycles. The monoisotopic (exact) mass is 260 g/mol. The van der Waals surface area contributed by atoms with Crippen molar-refractivity contribution < 1.29 is 0 Å². The molecule has 0 amide bonds. The third kappa shape index (κ3) is 4.83. The second-order valence-electron chi connectivity index (χ2n) is 5.06. The normalized spacial score (nSPS) is 12.4. The Labute approximate surface area is 107 Å². The van der Waals surface area contributed by atoms with Gasteiger partial charge < -0.3 is 10.6 Å². The fourth-order valence-electron chi connectivity index (χ4n) is 1.66. The quantitative estimate of drug-likeness (QED) is 0.852. The Bertz CT molecular complexity index is 323. The lowest BCUT2D eigenvalue weighted by Gasteiger charge is -2.28. The van der Waals surface area contributed by atoms with Gasteiger partial charge in [-0.2, -0.15) is 0 Å². The fourth-order valence-corrected chi connectivity index (χ4v) is 2.74. The highest BCUT2D eigenvalue weighted by Crippen LogP contribution is 2.22. The van der Waals surface area contributed by atoms with Crippen molar-refractivity contribution in [3.63, 3.8) is 0 Å². The first-order chi connectivity index (χ1) is 7.43. The van der Waals surface area contributed by atoms with Crippen LogP contribution in [-0.2, 0) is 6.42 Å². The number of rotatable bonds is 6. The number of halogens is 1. The van der Waals surface area contributed by atoms with Crippen LogP contribution in [0.15, 0.2) is 12.1 Å². The van der Waals surface area contributed by atoms with Gasteiger partial charge in [0, 0.05) is 18.0 Å². The zero-order chi connectivity index (χ0) is 12.2. The Balaban J connectivity index is 2.33. The minimum Gasteiger partial charge on any atom is -0.330 e. The molecule has 4 heteroatoms. The van der Waals surface area contributed by atoms with Gasteiger partial charge >= 0.3 is 0 Å². The Kier molecular flexibility index (Phi) is 5.25. The van der Waals surface area contributed by atoms with Crippen LogP contribution >= 0.6 is 22.9 Å². The Morgan fingerprint density at radius 2 is 2.12 bits per heavy atom. The number of hydrogen-bond acceptors (Lipinski definition) is 3. The number of nitrogens with zero attached hydrogens (tertiary/aromatic N) is 1. The van der Waals surface area contributed by atoms with Gasteiger partial charge in [-0.1, -0.05) is 25.4 Å². The summed E-state index contributed by atoms with van der Waals surface area (Å²) in [4.78, 5) is 3.68. The summed E-state index contributed by atoms with van der Waals surface area (Å²) >= 11 is 7.56. The summed E-state index contributed by atoms with van der Waals surface area (Å²) in [6, 6.07) is 4.07. The average molecular weight is 261 g/mol. The molecule has 1 aromatic rings. The van der Waals surface area contributed by atoms with Crippen molar-refractivity contribution in [1.82, 2.24) is 4.90 Å². The summed E-state index contributed by atoms with van der Waals surface area (Å²) in [5.41, 5.74) is 5.92. The van der Waals surface area contributed by atoms with Crippen LogP contribution in [0.4, 0.5) is 0 Å². The van der Waals surface area contributed by atoms with E-state index in [0.29, 0.717) is 0 Å². The first-order valence-corrected chi connectivity index (χ1v) is 6.75. The minimum atomic E-state index is 0.196. The molecule has 0 fully saturated rings. The molecule has 1 heterocycles. The predicted molar refractivity (Wildman–Crippen MR) is 73.4 cm³/mol. The maximum absolute atomic E-state index is 5.89. The lowest BCUT2D eigenvalue weighted by Crippen LogP contribution is -2.37. The first kappa shape index (κ1) is 14.0. The molecule has 0 bridgehead atoms. The van der Waals surface area contributed by atoms with Crippen LogP contribution in [0.3, 0.4) is 0 Å². The van der Waals surface area contributed by atoms with E-state index >= 15 is 0 Å². The third-order valence-electron chi connectivity index (χ3n) is 2.62. The SMILES string of the molecule is CN(CCc1ccc(Cl)s1)CC(C)(C)CN. The zero-order valence-electron chi connectivity index (χ0n) is 10.3. The molecule has 0 radical (unpaired) electrons. The number of thiophene rings is 1. The average Bonchev–Trinajstić information content (AvgIpc) is 2.61. The van der Waals surface area contributed by atoms with Gasteiger partial charge in [-0.15, -0.1) is 11.3 Å². The molecule has 0 saturated heterocycles. The van der Waals surface area contributed by atoms with Gasteiger partial charge in [-0.3, -0.25) is 0 Å². The molecule has 0 unspecified atom stereocenters. The smallest absolute Gasteiger partial charge is 0.0931 e. The van der Waals surface area contributed by atoms with E-state index in [2.05, 4.69) is 31.9 Å². The van der Waals surface area contributed by atoms with Crippen molar-refractivity contribution in [3.8, 4) is 0 Å². The first-order valence-electron chi connectivity index (χ1n) is 5.56. The Morgan fingerprint density at radius 1 is 1.44 bits per heavy atom. The van der Waals surface area contributed by atoms with Gasteiger partial charge in [0.05, 0.1) is 4.34 Å². The molecule has 0 aliphatic rings. The molecule has 0 aliphatic carbocycles. The topological polar surface area (TPSA) is 29.3 Å². The lowest BCUT2D eigenvalue weighted by molar-refractivity contribution is 0.218. The molecule has 16 heavy (non-hydrogen) atoms. The Hall–Kier alpha value is -0.0900.